The molecule has 6 rings (SSSR count). The minimum Gasteiger partial charge on any atom is -0.461 e. The van der Waals surface area contributed by atoms with Crippen LogP contribution in [0, 0.1) is 6.92 Å². The zero-order valence-electron chi connectivity index (χ0n) is 20.4. The summed E-state index contributed by atoms with van der Waals surface area (Å²) in [7, 11) is 0. The molecule has 0 spiro atoms. The van der Waals surface area contributed by atoms with Crippen LogP contribution >= 0.6 is 11.3 Å². The van der Waals surface area contributed by atoms with E-state index in [1.807, 2.05) is 37.3 Å². The van der Waals surface area contributed by atoms with Crippen LogP contribution in [0.3, 0.4) is 0 Å². The summed E-state index contributed by atoms with van der Waals surface area (Å²) in [5.41, 5.74) is 3.66. The van der Waals surface area contributed by atoms with Gasteiger partial charge in [-0.25, -0.2) is 14.8 Å². The van der Waals surface area contributed by atoms with Crippen molar-refractivity contribution in [1.29, 1.82) is 0 Å². The molecule has 3 aromatic carbocycles. The lowest BCUT2D eigenvalue weighted by atomic mass is 9.83. The van der Waals surface area contributed by atoms with Gasteiger partial charge in [0, 0.05) is 23.1 Å². The molecule has 0 unspecified atom stereocenters. The van der Waals surface area contributed by atoms with E-state index in [2.05, 4.69) is 15.3 Å². The Labute approximate surface area is 222 Å². The normalized spacial score (nSPS) is 12.2. The number of esters is 1. The van der Waals surface area contributed by atoms with Gasteiger partial charge in [0.1, 0.15) is 21.9 Å². The number of ether oxygens (including phenoxy) is 1. The standard InChI is InChI=1S/C30H21N3O4S/c1-17-23-28(31-16-32-29(23)38-27(17)30(36)37-15-14-18-8-3-2-4-9-18)33-22-13-7-12-21-24(22)26(35)20-11-6-5-10-19(20)25(21)34/h2-13,16H,14-15H2,1H3,(H,31,32,33). The molecular formula is C30H21N3O4S. The maximum atomic E-state index is 13.4. The molecule has 2 aromatic heterocycles. The van der Waals surface area contributed by atoms with Gasteiger partial charge in [-0.15, -0.1) is 11.3 Å². The topological polar surface area (TPSA) is 98.2 Å². The van der Waals surface area contributed by atoms with E-state index in [1.165, 1.54) is 17.7 Å². The van der Waals surface area contributed by atoms with Crippen molar-refractivity contribution in [3.8, 4) is 0 Å². The van der Waals surface area contributed by atoms with Crippen molar-refractivity contribution in [2.75, 3.05) is 11.9 Å². The largest absolute Gasteiger partial charge is 0.461 e. The number of anilines is 2. The molecule has 2 heterocycles. The molecule has 7 nitrogen and oxygen atoms in total. The van der Waals surface area contributed by atoms with Crippen LogP contribution in [0.25, 0.3) is 10.2 Å². The Morgan fingerprint density at radius 2 is 1.58 bits per heavy atom. The molecule has 8 heteroatoms. The predicted molar refractivity (Wildman–Crippen MR) is 146 cm³/mol. The average Bonchev–Trinajstić information content (AvgIpc) is 3.29. The highest BCUT2D eigenvalue weighted by Crippen LogP contribution is 2.37. The van der Waals surface area contributed by atoms with E-state index in [9.17, 15) is 14.4 Å². The van der Waals surface area contributed by atoms with Gasteiger partial charge in [-0.1, -0.05) is 66.7 Å². The molecule has 0 atom stereocenters. The molecule has 0 saturated heterocycles. The van der Waals surface area contributed by atoms with Crippen molar-refractivity contribution in [2.45, 2.75) is 13.3 Å². The highest BCUT2D eigenvalue weighted by molar-refractivity contribution is 7.20. The lowest BCUT2D eigenvalue weighted by molar-refractivity contribution is 0.0514. The molecule has 0 aliphatic heterocycles. The number of nitrogens with one attached hydrogen (secondary N) is 1. The molecule has 0 radical (unpaired) electrons. The minimum atomic E-state index is -0.415. The monoisotopic (exact) mass is 519 g/mol. The zero-order valence-corrected chi connectivity index (χ0v) is 21.2. The van der Waals surface area contributed by atoms with Crippen molar-refractivity contribution in [3.63, 3.8) is 0 Å². The molecule has 0 amide bonds. The third-order valence-corrected chi connectivity index (χ3v) is 7.76. The van der Waals surface area contributed by atoms with Gasteiger partial charge in [-0.2, -0.15) is 0 Å². The number of carbonyl (C=O) groups excluding carboxylic acids is 3. The van der Waals surface area contributed by atoms with Crippen LogP contribution in [0.4, 0.5) is 11.5 Å². The maximum absolute atomic E-state index is 13.4. The van der Waals surface area contributed by atoms with Gasteiger partial charge in [0.05, 0.1) is 23.2 Å². The number of hydrogen-bond acceptors (Lipinski definition) is 8. The smallest absolute Gasteiger partial charge is 0.348 e. The van der Waals surface area contributed by atoms with Crippen LogP contribution in [-0.2, 0) is 11.2 Å². The molecule has 1 aliphatic rings. The van der Waals surface area contributed by atoms with Crippen LogP contribution in [0.5, 0.6) is 0 Å². The van der Waals surface area contributed by atoms with E-state index < -0.39 is 5.97 Å². The maximum Gasteiger partial charge on any atom is 0.348 e. The second-order valence-corrected chi connectivity index (χ2v) is 9.89. The average molecular weight is 520 g/mol. The van der Waals surface area contributed by atoms with Gasteiger partial charge in [0.2, 0.25) is 0 Å². The first-order chi connectivity index (χ1) is 18.5. The van der Waals surface area contributed by atoms with Gasteiger partial charge in [0.25, 0.3) is 0 Å². The van der Waals surface area contributed by atoms with Gasteiger partial charge in [-0.3, -0.25) is 9.59 Å². The molecule has 0 fully saturated rings. The van der Waals surface area contributed by atoms with E-state index >= 15 is 0 Å². The fourth-order valence-electron chi connectivity index (χ4n) is 4.71. The van der Waals surface area contributed by atoms with Gasteiger partial charge < -0.3 is 10.1 Å². The van der Waals surface area contributed by atoms with Crippen molar-refractivity contribution in [1.82, 2.24) is 9.97 Å². The highest BCUT2D eigenvalue weighted by Gasteiger charge is 2.31. The lowest BCUT2D eigenvalue weighted by Crippen LogP contribution is -2.22. The number of rotatable bonds is 6. The third kappa shape index (κ3) is 4.05. The van der Waals surface area contributed by atoms with Crippen molar-refractivity contribution in [3.05, 3.63) is 117 Å². The molecule has 186 valence electrons. The summed E-state index contributed by atoms with van der Waals surface area (Å²) in [4.78, 5) is 49.3. The summed E-state index contributed by atoms with van der Waals surface area (Å²) in [6.07, 6.45) is 2.03. The Kier molecular flexibility index (Phi) is 6.01. The number of aryl methyl sites for hydroxylation is 1. The minimum absolute atomic E-state index is 0.195. The Balaban J connectivity index is 1.31. The number of thiophene rings is 1. The van der Waals surface area contributed by atoms with Crippen LogP contribution in [-0.4, -0.2) is 34.1 Å². The third-order valence-electron chi connectivity index (χ3n) is 6.58. The van der Waals surface area contributed by atoms with E-state index in [0.29, 0.717) is 60.8 Å². The van der Waals surface area contributed by atoms with E-state index in [0.717, 1.165) is 5.56 Å². The van der Waals surface area contributed by atoms with E-state index in [-0.39, 0.29) is 18.2 Å². The lowest BCUT2D eigenvalue weighted by Gasteiger charge is -2.20. The first-order valence-corrected chi connectivity index (χ1v) is 12.9. The molecular weight excluding hydrogens is 498 g/mol. The fourth-order valence-corrected chi connectivity index (χ4v) is 5.75. The first kappa shape index (κ1) is 23.7. The quantitative estimate of drug-likeness (QED) is 0.273. The summed E-state index contributed by atoms with van der Waals surface area (Å²) in [5.74, 6) is -0.395. The van der Waals surface area contributed by atoms with E-state index in [1.54, 1.807) is 42.5 Å². The zero-order chi connectivity index (χ0) is 26.2. The van der Waals surface area contributed by atoms with Gasteiger partial charge in [-0.05, 0) is 24.1 Å². The number of aromatic nitrogens is 2. The Bertz CT molecular complexity index is 1740. The SMILES string of the molecule is Cc1c(C(=O)OCCc2ccccc2)sc2ncnc(Nc3cccc4c3C(=O)c3ccccc3C4=O)c12. The summed E-state index contributed by atoms with van der Waals surface area (Å²) in [6.45, 7) is 2.09. The van der Waals surface area contributed by atoms with Crippen LogP contribution < -0.4 is 5.32 Å². The van der Waals surface area contributed by atoms with Crippen molar-refractivity contribution in [2.24, 2.45) is 0 Å². The van der Waals surface area contributed by atoms with Crippen LogP contribution in [0.15, 0.2) is 79.1 Å². The molecule has 1 N–H and O–H groups in total. The number of nitrogens with zero attached hydrogens (tertiary/aromatic N) is 2. The van der Waals surface area contributed by atoms with Crippen molar-refractivity contribution >= 4 is 50.6 Å². The van der Waals surface area contributed by atoms with E-state index in [4.69, 9.17) is 4.74 Å². The Morgan fingerprint density at radius 1 is 0.868 bits per heavy atom. The second kappa shape index (κ2) is 9.64. The van der Waals surface area contributed by atoms with Gasteiger partial charge in [0.15, 0.2) is 11.6 Å². The highest BCUT2D eigenvalue weighted by atomic mass is 32.1. The summed E-state index contributed by atoms with van der Waals surface area (Å²) >= 11 is 1.24. The fraction of sp³-hybridized carbons (Fsp3) is 0.100. The number of ketones is 2. The number of fused-ring (bicyclic) bond motifs is 3. The number of benzene rings is 3. The van der Waals surface area contributed by atoms with Crippen LogP contribution in [0.1, 0.15) is 52.6 Å². The second-order valence-electron chi connectivity index (χ2n) is 8.89. The summed E-state index contributed by atoms with van der Waals surface area (Å²) in [5, 5.41) is 3.91. The van der Waals surface area contributed by atoms with Crippen LogP contribution in [0.2, 0.25) is 0 Å². The van der Waals surface area contributed by atoms with Gasteiger partial charge >= 0.3 is 5.97 Å². The molecule has 38 heavy (non-hydrogen) atoms. The molecule has 1 aliphatic carbocycles. The number of hydrogen-bond donors (Lipinski definition) is 1. The Hall–Kier alpha value is -4.69. The molecule has 0 bridgehead atoms. The summed E-state index contributed by atoms with van der Waals surface area (Å²) < 4.78 is 5.55. The molecule has 5 aromatic rings. The van der Waals surface area contributed by atoms with Crippen molar-refractivity contribution < 1.29 is 19.1 Å². The predicted octanol–water partition coefficient (Wildman–Crippen LogP) is 5.92. The summed E-state index contributed by atoms with van der Waals surface area (Å²) in [6, 6.07) is 21.8. The Morgan fingerprint density at radius 3 is 2.37 bits per heavy atom. The number of carbonyl (C=O) groups is 3. The molecule has 0 saturated carbocycles. The first-order valence-electron chi connectivity index (χ1n) is 12.1.